The number of aromatic nitrogens is 5. The molecule has 40 heavy (non-hydrogen) atoms. The molecule has 0 radical (unpaired) electrons. The van der Waals surface area contributed by atoms with Crippen LogP contribution < -0.4 is 15.9 Å². The third-order valence-electron chi connectivity index (χ3n) is 8.10. The van der Waals surface area contributed by atoms with Crippen LogP contribution in [0.25, 0.3) is 16.9 Å². The van der Waals surface area contributed by atoms with Gasteiger partial charge in [0, 0.05) is 31.9 Å². The lowest BCUT2D eigenvalue weighted by Gasteiger charge is -2.29. The predicted octanol–water partition coefficient (Wildman–Crippen LogP) is 3.50. The van der Waals surface area contributed by atoms with Crippen LogP contribution in [0.2, 0.25) is 5.02 Å². The molecule has 208 valence electrons. The molecule has 1 aromatic carbocycles. The van der Waals surface area contributed by atoms with E-state index in [9.17, 15) is 14.7 Å². The van der Waals surface area contributed by atoms with Crippen molar-refractivity contribution in [1.29, 1.82) is 0 Å². The number of carbonyl (C=O) groups excluding carboxylic acids is 1. The number of imidazole rings is 1. The molecule has 1 atom stereocenters. The van der Waals surface area contributed by atoms with Gasteiger partial charge in [0.05, 0.1) is 45.8 Å². The van der Waals surface area contributed by atoms with Gasteiger partial charge in [0.15, 0.2) is 5.82 Å². The number of nitrogens with zero attached hydrogens (tertiary/aromatic N) is 6. The summed E-state index contributed by atoms with van der Waals surface area (Å²) in [6.45, 7) is 3.67. The second-order valence-electron chi connectivity index (χ2n) is 10.8. The fraction of sp³-hybridized carbons (Fsp3) is 0.414. The Bertz CT molecular complexity index is 1590. The fourth-order valence-corrected chi connectivity index (χ4v) is 6.06. The molecule has 4 heterocycles. The number of fused-ring (bicyclic) bond motifs is 1. The minimum absolute atomic E-state index is 0.0747. The summed E-state index contributed by atoms with van der Waals surface area (Å²) in [5, 5.41) is 13.4. The van der Waals surface area contributed by atoms with Gasteiger partial charge in [-0.25, -0.2) is 19.3 Å². The molecule has 1 saturated carbocycles. The number of aliphatic hydroxyl groups is 1. The number of aryl methyl sites for hydroxylation is 1. The third-order valence-corrected chi connectivity index (χ3v) is 8.30. The van der Waals surface area contributed by atoms with E-state index >= 15 is 0 Å². The van der Waals surface area contributed by atoms with Crippen LogP contribution in [-0.2, 0) is 6.54 Å². The van der Waals surface area contributed by atoms with E-state index in [0.29, 0.717) is 53.3 Å². The minimum atomic E-state index is -0.349. The number of hydrogen-bond donors (Lipinski definition) is 2. The van der Waals surface area contributed by atoms with Crippen molar-refractivity contribution in [3.8, 4) is 5.82 Å². The number of carbonyl (C=O) groups is 1. The maximum Gasteiger partial charge on any atom is 0.334 e. The summed E-state index contributed by atoms with van der Waals surface area (Å²) in [6, 6.07) is 9.48. The average molecular weight is 562 g/mol. The van der Waals surface area contributed by atoms with Crippen LogP contribution in [0.5, 0.6) is 0 Å². The Morgan fingerprint density at radius 3 is 2.45 bits per heavy atom. The summed E-state index contributed by atoms with van der Waals surface area (Å²) in [7, 11) is 0. The van der Waals surface area contributed by atoms with Crippen molar-refractivity contribution >= 4 is 34.4 Å². The van der Waals surface area contributed by atoms with Crippen molar-refractivity contribution in [3.63, 3.8) is 0 Å². The van der Waals surface area contributed by atoms with E-state index in [-0.39, 0.29) is 23.7 Å². The molecule has 4 aromatic rings. The van der Waals surface area contributed by atoms with Gasteiger partial charge in [-0.15, -0.1) is 0 Å². The van der Waals surface area contributed by atoms with Crippen LogP contribution in [-0.4, -0.2) is 60.3 Å². The smallest absolute Gasteiger partial charge is 0.334 e. The predicted molar refractivity (Wildman–Crippen MR) is 153 cm³/mol. The van der Waals surface area contributed by atoms with Gasteiger partial charge in [0.1, 0.15) is 5.82 Å². The lowest BCUT2D eigenvalue weighted by molar-refractivity contribution is 0.0919. The highest BCUT2D eigenvalue weighted by Crippen LogP contribution is 2.28. The number of halogens is 1. The SMILES string of the molecule is Cc1ncc(Cl)cc1C(=O)N[C@H]1CC[C@H](Cn2c(=O)n(-c3cnc(N4CC[C@H](O)C4)cn3)c3ccccc32)CC1. The quantitative estimate of drug-likeness (QED) is 0.370. The van der Waals surface area contributed by atoms with E-state index in [1.165, 1.54) is 0 Å². The largest absolute Gasteiger partial charge is 0.391 e. The Kier molecular flexibility index (Phi) is 7.29. The number of anilines is 1. The standard InChI is InChI=1S/C29H32ClN7O3/c1-18-23(12-20(30)13-31-18)28(39)34-21-8-6-19(7-9-21)16-36-24-4-2-3-5-25(24)37(29(36)40)27-15-32-26(14-33-27)35-11-10-22(38)17-35/h2-5,12-15,19,21-22,38H,6-11,16-17H2,1H3,(H,34,39)/t19-,21-,22-/m0/s1. The van der Waals surface area contributed by atoms with Crippen LogP contribution in [0.1, 0.15) is 48.2 Å². The number of nitrogens with one attached hydrogen (secondary N) is 1. The van der Waals surface area contributed by atoms with E-state index in [4.69, 9.17) is 11.6 Å². The highest BCUT2D eigenvalue weighted by atomic mass is 35.5. The van der Waals surface area contributed by atoms with E-state index in [1.807, 2.05) is 33.7 Å². The van der Waals surface area contributed by atoms with Gasteiger partial charge in [-0.3, -0.25) is 14.3 Å². The molecule has 1 amide bonds. The minimum Gasteiger partial charge on any atom is -0.391 e. The Balaban J connectivity index is 1.16. The van der Waals surface area contributed by atoms with E-state index in [0.717, 1.165) is 43.3 Å². The Hall–Kier alpha value is -3.76. The molecule has 1 saturated heterocycles. The molecule has 11 heteroatoms. The molecule has 3 aromatic heterocycles. The molecular formula is C29H32ClN7O3. The molecule has 2 fully saturated rings. The lowest BCUT2D eigenvalue weighted by Crippen LogP contribution is -2.39. The van der Waals surface area contributed by atoms with E-state index in [1.54, 1.807) is 36.1 Å². The zero-order valence-corrected chi connectivity index (χ0v) is 23.1. The third kappa shape index (κ3) is 5.21. The number of hydrogen-bond acceptors (Lipinski definition) is 7. The summed E-state index contributed by atoms with van der Waals surface area (Å²) >= 11 is 6.04. The first-order valence-corrected chi connectivity index (χ1v) is 14.1. The topological polar surface area (TPSA) is 118 Å². The first kappa shape index (κ1) is 26.5. The van der Waals surface area contributed by atoms with Crippen molar-refractivity contribution in [2.24, 2.45) is 5.92 Å². The van der Waals surface area contributed by atoms with Crippen LogP contribution in [0.3, 0.4) is 0 Å². The lowest BCUT2D eigenvalue weighted by atomic mass is 9.85. The zero-order chi connectivity index (χ0) is 27.8. The summed E-state index contributed by atoms with van der Waals surface area (Å²) in [5.41, 5.74) is 2.67. The Labute approximate surface area is 236 Å². The fourth-order valence-electron chi connectivity index (χ4n) is 5.90. The Morgan fingerprint density at radius 2 is 1.75 bits per heavy atom. The van der Waals surface area contributed by atoms with Crippen LogP contribution in [0, 0.1) is 12.8 Å². The molecule has 0 unspecified atom stereocenters. The number of rotatable bonds is 6. The first-order chi connectivity index (χ1) is 19.4. The number of benzene rings is 1. The molecule has 0 bridgehead atoms. The number of amides is 1. The molecule has 0 spiro atoms. The van der Waals surface area contributed by atoms with Gasteiger partial charge in [0.25, 0.3) is 5.91 Å². The molecule has 1 aliphatic carbocycles. The zero-order valence-electron chi connectivity index (χ0n) is 22.3. The van der Waals surface area contributed by atoms with Gasteiger partial charge in [-0.2, -0.15) is 0 Å². The van der Waals surface area contributed by atoms with Gasteiger partial charge >= 0.3 is 5.69 Å². The van der Waals surface area contributed by atoms with Gasteiger partial charge < -0.3 is 15.3 Å². The van der Waals surface area contributed by atoms with Crippen molar-refractivity contribution in [2.45, 2.75) is 57.7 Å². The number of pyridine rings is 1. The second kappa shape index (κ2) is 11.0. The summed E-state index contributed by atoms with van der Waals surface area (Å²) < 4.78 is 3.46. The number of β-amino-alcohol motifs (C(OH)–C–C–N with tert-alkyl or cyclic N) is 1. The molecular weight excluding hydrogens is 530 g/mol. The van der Waals surface area contributed by atoms with Crippen LogP contribution >= 0.6 is 11.6 Å². The molecule has 10 nitrogen and oxygen atoms in total. The van der Waals surface area contributed by atoms with E-state index < -0.39 is 0 Å². The van der Waals surface area contributed by atoms with Crippen molar-refractivity contribution in [2.75, 3.05) is 18.0 Å². The van der Waals surface area contributed by atoms with Crippen molar-refractivity contribution in [1.82, 2.24) is 29.4 Å². The van der Waals surface area contributed by atoms with Crippen LogP contribution in [0.4, 0.5) is 5.82 Å². The van der Waals surface area contributed by atoms with Gasteiger partial charge in [0.2, 0.25) is 0 Å². The molecule has 1 aliphatic heterocycles. The maximum absolute atomic E-state index is 13.7. The monoisotopic (exact) mass is 561 g/mol. The molecule has 2 aliphatic rings. The normalized spacial score (nSPS) is 21.2. The van der Waals surface area contributed by atoms with Gasteiger partial charge in [-0.05, 0) is 63.1 Å². The number of aliphatic hydroxyl groups excluding tert-OH is 1. The summed E-state index contributed by atoms with van der Waals surface area (Å²) in [6.07, 6.45) is 8.69. The van der Waals surface area contributed by atoms with E-state index in [2.05, 4.69) is 20.3 Å². The van der Waals surface area contributed by atoms with Crippen molar-refractivity contribution < 1.29 is 9.90 Å². The maximum atomic E-state index is 13.7. The summed E-state index contributed by atoms with van der Waals surface area (Å²) in [4.78, 5) is 41.8. The number of para-hydroxylation sites is 2. The van der Waals surface area contributed by atoms with Gasteiger partial charge in [-0.1, -0.05) is 23.7 Å². The second-order valence-corrected chi connectivity index (χ2v) is 11.3. The Morgan fingerprint density at radius 1 is 1.02 bits per heavy atom. The average Bonchev–Trinajstić information content (AvgIpc) is 3.52. The highest BCUT2D eigenvalue weighted by Gasteiger charge is 2.26. The summed E-state index contributed by atoms with van der Waals surface area (Å²) in [5.74, 6) is 1.33. The molecule has 2 N–H and O–H groups in total. The van der Waals surface area contributed by atoms with Crippen LogP contribution in [0.15, 0.2) is 53.7 Å². The highest BCUT2D eigenvalue weighted by molar-refractivity contribution is 6.30. The first-order valence-electron chi connectivity index (χ1n) is 13.8. The molecule has 6 rings (SSSR count). The van der Waals surface area contributed by atoms with Crippen molar-refractivity contribution in [3.05, 3.63) is 75.7 Å².